The summed E-state index contributed by atoms with van der Waals surface area (Å²) < 4.78 is 6.44. The lowest BCUT2D eigenvalue weighted by Gasteiger charge is -2.51. The molecule has 15 nitrogen and oxygen atoms in total. The summed E-state index contributed by atoms with van der Waals surface area (Å²) in [6.45, 7) is 17.8. The molecule has 15 heteroatoms. The van der Waals surface area contributed by atoms with Gasteiger partial charge in [-0.25, -0.2) is 9.83 Å². The zero-order valence-corrected chi connectivity index (χ0v) is 33.7. The summed E-state index contributed by atoms with van der Waals surface area (Å²) in [4.78, 5) is 84.6. The van der Waals surface area contributed by atoms with E-state index in [0.29, 0.717) is 46.0 Å². The summed E-state index contributed by atoms with van der Waals surface area (Å²) in [7, 11) is 0. The highest BCUT2D eigenvalue weighted by atomic mass is 16.5. The van der Waals surface area contributed by atoms with Crippen molar-refractivity contribution in [3.05, 3.63) is 95.1 Å². The number of ether oxygens (including phenoxy) is 1. The van der Waals surface area contributed by atoms with Crippen LogP contribution in [0.1, 0.15) is 77.0 Å². The van der Waals surface area contributed by atoms with Gasteiger partial charge in [-0.2, -0.15) is 0 Å². The van der Waals surface area contributed by atoms with Gasteiger partial charge in [0.15, 0.2) is 0 Å². The van der Waals surface area contributed by atoms with E-state index in [2.05, 4.69) is 49.0 Å². The second-order valence-corrected chi connectivity index (χ2v) is 17.1. The Hall–Kier alpha value is -6.40. The highest BCUT2D eigenvalue weighted by Gasteiger charge is 2.51. The quantitative estimate of drug-likeness (QED) is 0.180. The van der Waals surface area contributed by atoms with E-state index in [1.54, 1.807) is 30.6 Å². The van der Waals surface area contributed by atoms with Crippen LogP contribution in [0.4, 0.5) is 17.2 Å². The van der Waals surface area contributed by atoms with Gasteiger partial charge in [0, 0.05) is 93.6 Å². The Balaban J connectivity index is 0.721. The predicted molar refractivity (Wildman–Crippen MR) is 223 cm³/mol. The molecule has 2 aromatic heterocycles. The zero-order chi connectivity index (χ0) is 41.7. The van der Waals surface area contributed by atoms with E-state index in [4.69, 9.17) is 16.3 Å². The Morgan fingerprint density at radius 1 is 0.917 bits per heavy atom. The third-order valence-electron chi connectivity index (χ3n) is 13.2. The van der Waals surface area contributed by atoms with Crippen LogP contribution in [0.15, 0.2) is 67.0 Å². The highest BCUT2D eigenvalue weighted by Crippen LogP contribution is 2.45. The van der Waals surface area contributed by atoms with E-state index in [0.717, 1.165) is 80.4 Å². The Labute approximate surface area is 347 Å². The Morgan fingerprint density at radius 3 is 2.42 bits per heavy atom. The van der Waals surface area contributed by atoms with Crippen LogP contribution in [0, 0.1) is 17.9 Å². The lowest BCUT2D eigenvalue weighted by atomic mass is 9.64. The van der Waals surface area contributed by atoms with Crippen LogP contribution in [0.5, 0.6) is 5.75 Å². The van der Waals surface area contributed by atoms with Crippen molar-refractivity contribution in [2.75, 3.05) is 55.6 Å². The summed E-state index contributed by atoms with van der Waals surface area (Å²) in [5, 5.41) is 6.24. The summed E-state index contributed by atoms with van der Waals surface area (Å²) in [5.41, 5.74) is 2.79. The summed E-state index contributed by atoms with van der Waals surface area (Å²) in [6, 6.07) is 15.4. The van der Waals surface area contributed by atoms with Gasteiger partial charge < -0.3 is 19.9 Å². The first kappa shape index (κ1) is 39.1. The van der Waals surface area contributed by atoms with Crippen molar-refractivity contribution in [3.63, 3.8) is 0 Å². The molecule has 4 fully saturated rings. The number of amides is 5. The molecule has 60 heavy (non-hydrogen) atoms. The molecule has 6 heterocycles. The van der Waals surface area contributed by atoms with Crippen molar-refractivity contribution in [2.45, 2.75) is 64.1 Å². The maximum absolute atomic E-state index is 13.3. The van der Waals surface area contributed by atoms with E-state index >= 15 is 0 Å². The molecule has 2 unspecified atom stereocenters. The fourth-order valence-electron chi connectivity index (χ4n) is 9.31. The third-order valence-corrected chi connectivity index (χ3v) is 13.2. The number of carbonyl (C=O) groups excluding carboxylic acids is 5. The number of pyridine rings is 2. The van der Waals surface area contributed by atoms with Crippen molar-refractivity contribution >= 4 is 57.6 Å². The van der Waals surface area contributed by atoms with Gasteiger partial charge in [0.1, 0.15) is 23.7 Å². The number of aromatic nitrogens is 2. The molecule has 2 aromatic carbocycles. The van der Waals surface area contributed by atoms with Crippen molar-refractivity contribution in [1.29, 1.82) is 0 Å². The Bertz CT molecular complexity index is 2430. The largest absolute Gasteiger partial charge is 0.489 e. The third kappa shape index (κ3) is 7.19. The van der Waals surface area contributed by atoms with Gasteiger partial charge in [0.25, 0.3) is 17.7 Å². The monoisotopic (exact) mass is 809 g/mol. The normalized spacial score (nSPS) is 23.2. The Morgan fingerprint density at radius 2 is 1.70 bits per heavy atom. The number of benzene rings is 2. The number of hydrogen-bond acceptors (Lipinski definition) is 11. The number of nitrogens with zero attached hydrogens (tertiary/aromatic N) is 7. The minimum Gasteiger partial charge on any atom is -0.489 e. The lowest BCUT2D eigenvalue weighted by Crippen LogP contribution is -2.63. The minimum absolute atomic E-state index is 0.0693. The van der Waals surface area contributed by atoms with Gasteiger partial charge in [-0.3, -0.25) is 44.1 Å². The number of anilines is 2. The van der Waals surface area contributed by atoms with Gasteiger partial charge in [-0.15, -0.1) is 0 Å². The first-order valence-electron chi connectivity index (χ1n) is 20.7. The van der Waals surface area contributed by atoms with E-state index in [9.17, 15) is 24.0 Å². The molecule has 308 valence electrons. The smallest absolute Gasteiger partial charge is 0.262 e. The number of nitrogens with one attached hydrogen (secondary N) is 2. The first-order valence-corrected chi connectivity index (χ1v) is 20.7. The second-order valence-electron chi connectivity index (χ2n) is 17.1. The maximum atomic E-state index is 13.3. The van der Waals surface area contributed by atoms with E-state index < -0.39 is 29.7 Å². The van der Waals surface area contributed by atoms with Crippen LogP contribution in [0.3, 0.4) is 0 Å². The Kier molecular flexibility index (Phi) is 10.2. The number of hydrogen-bond donors (Lipinski definition) is 2. The summed E-state index contributed by atoms with van der Waals surface area (Å²) in [6.07, 6.45) is 6.21. The summed E-state index contributed by atoms with van der Waals surface area (Å²) >= 11 is 0. The molecule has 0 spiro atoms. The van der Waals surface area contributed by atoms with Gasteiger partial charge >= 0.3 is 0 Å². The SMILES string of the molecule is [C-]#[N+]c1ccc(O[C@@H]2CC(NC(=O)c3ccc(N4CCC(CN5CCN(c6ccc7c(c6)C(=O)N(C6CCC(=O)NC6=O)C7=O)CC5)CC4)nc3)C2(C)C)c2cccnc12. The topological polar surface area (TPSA) is 162 Å². The van der Waals surface area contributed by atoms with Crippen LogP contribution in [0.2, 0.25) is 0 Å². The van der Waals surface area contributed by atoms with Crippen LogP contribution in [-0.4, -0.2) is 113 Å². The first-order chi connectivity index (χ1) is 29.0. The molecule has 0 radical (unpaired) electrons. The van der Waals surface area contributed by atoms with Crippen molar-refractivity contribution in [1.82, 2.24) is 30.4 Å². The lowest BCUT2D eigenvalue weighted by molar-refractivity contribution is -0.136. The molecule has 9 rings (SSSR count). The number of rotatable bonds is 9. The molecular weight excluding hydrogens is 763 g/mol. The summed E-state index contributed by atoms with van der Waals surface area (Å²) in [5.74, 6) is -0.0203. The zero-order valence-electron chi connectivity index (χ0n) is 33.7. The fraction of sp³-hybridized carbons (Fsp3) is 0.422. The van der Waals surface area contributed by atoms with Crippen LogP contribution in [0.25, 0.3) is 15.7 Å². The molecule has 1 saturated carbocycles. The number of piperazine rings is 1. The number of piperidine rings is 2. The molecule has 1 aliphatic carbocycles. The highest BCUT2D eigenvalue weighted by molar-refractivity contribution is 6.23. The number of imide groups is 2. The molecule has 4 aliphatic heterocycles. The van der Waals surface area contributed by atoms with Gasteiger partial charge in [0.2, 0.25) is 17.5 Å². The second kappa shape index (κ2) is 15.6. The molecule has 3 saturated heterocycles. The molecule has 0 bridgehead atoms. The number of fused-ring (bicyclic) bond motifs is 2. The van der Waals surface area contributed by atoms with Gasteiger partial charge in [-0.1, -0.05) is 19.9 Å². The minimum atomic E-state index is -0.977. The van der Waals surface area contributed by atoms with Crippen molar-refractivity contribution in [3.8, 4) is 5.75 Å². The average molecular weight is 810 g/mol. The molecule has 4 aromatic rings. The molecular formula is C45H47N9O6. The standard InChI is InChI=1S/C45H47N9O6/c1-45(2)36(24-37(45)60-35-11-9-33(46-3)40-31(35)5-4-16-47-40)49-41(56)28-6-12-38(48-25-28)53-17-14-27(15-18-53)26-51-19-21-52(22-20-51)29-7-8-30-32(23-29)44(59)54(43(30)58)34-10-13-39(55)50-42(34)57/h4-9,11-12,16,23,25,27,34,36-37H,10,13-15,17-22,24,26H2,1-2H3,(H,49,56)(H,50,55,57)/t34?,36?,37-/m1/s1. The van der Waals surface area contributed by atoms with E-state index in [-0.39, 0.29) is 36.3 Å². The average Bonchev–Trinajstić information content (AvgIpc) is 3.51. The number of carbonyl (C=O) groups is 5. The van der Waals surface area contributed by atoms with Crippen LogP contribution >= 0.6 is 0 Å². The van der Waals surface area contributed by atoms with Gasteiger partial charge in [-0.05, 0) is 73.7 Å². The predicted octanol–water partition coefficient (Wildman–Crippen LogP) is 4.60. The van der Waals surface area contributed by atoms with E-state index in [1.165, 1.54) is 0 Å². The fourth-order valence-corrected chi connectivity index (χ4v) is 9.31. The van der Waals surface area contributed by atoms with Crippen LogP contribution < -0.4 is 25.2 Å². The van der Waals surface area contributed by atoms with Gasteiger partial charge in [0.05, 0.1) is 28.8 Å². The van der Waals surface area contributed by atoms with E-state index in [1.807, 2.05) is 36.4 Å². The van der Waals surface area contributed by atoms with Crippen molar-refractivity contribution in [2.24, 2.45) is 11.3 Å². The molecule has 5 aliphatic rings. The van der Waals surface area contributed by atoms with Crippen LogP contribution in [-0.2, 0) is 9.59 Å². The molecule has 2 N–H and O–H groups in total. The molecule has 3 atom stereocenters. The maximum Gasteiger partial charge on any atom is 0.262 e. The molecule has 5 amide bonds. The van der Waals surface area contributed by atoms with Crippen molar-refractivity contribution < 1.29 is 28.7 Å².